The highest BCUT2D eigenvalue weighted by Crippen LogP contribution is 2.29. The van der Waals surface area contributed by atoms with Gasteiger partial charge in [-0.25, -0.2) is 9.18 Å². The minimum atomic E-state index is -1.73. The van der Waals surface area contributed by atoms with Crippen molar-refractivity contribution in [1.29, 1.82) is 0 Å². The summed E-state index contributed by atoms with van der Waals surface area (Å²) in [5, 5.41) is 8.55. The molecule has 0 spiro atoms. The first-order valence-corrected chi connectivity index (χ1v) is 4.62. The third-order valence-electron chi connectivity index (χ3n) is 2.73. The summed E-state index contributed by atoms with van der Waals surface area (Å²) in [4.78, 5) is 10.5. The van der Waals surface area contributed by atoms with Gasteiger partial charge in [0, 0.05) is 5.92 Å². The number of benzene rings is 1. The molecule has 2 nitrogen and oxygen atoms in total. The first-order chi connectivity index (χ1) is 6.68. The molecule has 74 valence electrons. The number of carboxylic acid groups (broad SMARTS) is 1. The predicted molar refractivity (Wildman–Crippen MR) is 49.9 cm³/mol. The van der Waals surface area contributed by atoms with Crippen LogP contribution in [0.25, 0.3) is 0 Å². The van der Waals surface area contributed by atoms with Gasteiger partial charge >= 0.3 is 5.97 Å². The van der Waals surface area contributed by atoms with Gasteiger partial charge in [0.05, 0.1) is 0 Å². The molecule has 0 aromatic heterocycles. The quantitative estimate of drug-likeness (QED) is 0.779. The maximum atomic E-state index is 13.2. The van der Waals surface area contributed by atoms with Crippen molar-refractivity contribution in [2.45, 2.75) is 19.0 Å². The molecule has 1 aliphatic rings. The Morgan fingerprint density at radius 1 is 1.36 bits per heavy atom. The summed E-state index contributed by atoms with van der Waals surface area (Å²) in [7, 11) is 0. The van der Waals surface area contributed by atoms with E-state index in [1.807, 2.05) is 24.3 Å². The third kappa shape index (κ3) is 1.50. The zero-order valence-corrected chi connectivity index (χ0v) is 7.61. The molecule has 0 heterocycles. The van der Waals surface area contributed by atoms with Gasteiger partial charge in [0.1, 0.15) is 0 Å². The normalized spacial score (nSPS) is 17.8. The summed E-state index contributed by atoms with van der Waals surface area (Å²) in [6, 6.07) is 7.66. The monoisotopic (exact) mass is 194 g/mol. The molecule has 0 bridgehead atoms. The van der Waals surface area contributed by atoms with Crippen molar-refractivity contribution < 1.29 is 14.3 Å². The van der Waals surface area contributed by atoms with E-state index in [9.17, 15) is 9.18 Å². The highest BCUT2D eigenvalue weighted by Gasteiger charge is 2.32. The molecule has 0 saturated heterocycles. The van der Waals surface area contributed by atoms with E-state index in [2.05, 4.69) is 0 Å². The molecule has 0 radical (unpaired) electrons. The van der Waals surface area contributed by atoms with E-state index in [4.69, 9.17) is 5.11 Å². The second kappa shape index (κ2) is 3.40. The van der Waals surface area contributed by atoms with E-state index in [-0.39, 0.29) is 5.92 Å². The lowest BCUT2D eigenvalue weighted by atomic mass is 10.0. The minimum Gasteiger partial charge on any atom is -0.479 e. The van der Waals surface area contributed by atoms with Gasteiger partial charge in [0.15, 0.2) is 0 Å². The molecular weight excluding hydrogens is 183 g/mol. The average Bonchev–Trinajstić information content (AvgIpc) is 2.59. The zero-order chi connectivity index (χ0) is 10.1. The smallest absolute Gasteiger partial charge is 0.338 e. The van der Waals surface area contributed by atoms with E-state index >= 15 is 0 Å². The van der Waals surface area contributed by atoms with Gasteiger partial charge in [-0.3, -0.25) is 0 Å². The van der Waals surface area contributed by atoms with Crippen molar-refractivity contribution in [3.05, 3.63) is 35.4 Å². The maximum Gasteiger partial charge on any atom is 0.338 e. The molecule has 0 amide bonds. The van der Waals surface area contributed by atoms with Crippen molar-refractivity contribution in [2.75, 3.05) is 0 Å². The van der Waals surface area contributed by atoms with Crippen LogP contribution < -0.4 is 0 Å². The molecule has 1 aromatic carbocycles. The zero-order valence-electron chi connectivity index (χ0n) is 7.61. The number of carbonyl (C=O) groups is 1. The van der Waals surface area contributed by atoms with Crippen molar-refractivity contribution in [1.82, 2.24) is 0 Å². The number of carboxylic acids is 1. The van der Waals surface area contributed by atoms with Crippen LogP contribution in [0.2, 0.25) is 0 Å². The van der Waals surface area contributed by atoms with E-state index < -0.39 is 12.1 Å². The topological polar surface area (TPSA) is 37.3 Å². The van der Waals surface area contributed by atoms with Gasteiger partial charge in [-0.2, -0.15) is 0 Å². The Labute approximate surface area is 81.4 Å². The number of hydrogen-bond donors (Lipinski definition) is 1. The van der Waals surface area contributed by atoms with Gasteiger partial charge in [0.2, 0.25) is 6.17 Å². The second-order valence-corrected chi connectivity index (χ2v) is 3.68. The number of rotatable bonds is 2. The highest BCUT2D eigenvalue weighted by molar-refractivity contribution is 5.72. The van der Waals surface area contributed by atoms with Crippen LogP contribution in [0.4, 0.5) is 4.39 Å². The Kier molecular flexibility index (Phi) is 2.23. The van der Waals surface area contributed by atoms with Crippen LogP contribution in [0.3, 0.4) is 0 Å². The number of aliphatic carboxylic acids is 1. The number of alkyl halides is 1. The van der Waals surface area contributed by atoms with Crippen LogP contribution >= 0.6 is 0 Å². The maximum absolute atomic E-state index is 13.2. The van der Waals surface area contributed by atoms with Gasteiger partial charge < -0.3 is 5.11 Å². The molecule has 14 heavy (non-hydrogen) atoms. The first kappa shape index (κ1) is 9.19. The van der Waals surface area contributed by atoms with Crippen LogP contribution in [0.5, 0.6) is 0 Å². The van der Waals surface area contributed by atoms with E-state index in [0.29, 0.717) is 12.8 Å². The first-order valence-electron chi connectivity index (χ1n) is 4.62. The summed E-state index contributed by atoms with van der Waals surface area (Å²) in [6.07, 6.45) is -0.643. The number of hydrogen-bond acceptors (Lipinski definition) is 1. The van der Waals surface area contributed by atoms with E-state index in [1.165, 1.54) is 0 Å². The van der Waals surface area contributed by atoms with Gasteiger partial charge in [-0.05, 0) is 24.0 Å². The molecule has 3 heteroatoms. The second-order valence-electron chi connectivity index (χ2n) is 3.68. The van der Waals surface area contributed by atoms with Crippen LogP contribution in [0.15, 0.2) is 24.3 Å². The van der Waals surface area contributed by atoms with Crippen LogP contribution in [-0.2, 0) is 17.6 Å². The Morgan fingerprint density at radius 3 is 2.29 bits per heavy atom. The van der Waals surface area contributed by atoms with Crippen LogP contribution in [-0.4, -0.2) is 17.2 Å². The number of fused-ring (bicyclic) bond motifs is 1. The summed E-state index contributed by atoms with van der Waals surface area (Å²) in [5.41, 5.74) is 2.17. The molecule has 1 N–H and O–H groups in total. The van der Waals surface area contributed by atoms with Crippen molar-refractivity contribution >= 4 is 5.97 Å². The Bertz CT molecular complexity index is 337. The van der Waals surface area contributed by atoms with Gasteiger partial charge in [-0.1, -0.05) is 24.3 Å². The Hall–Kier alpha value is -1.38. The Morgan fingerprint density at radius 2 is 1.86 bits per heavy atom. The lowest BCUT2D eigenvalue weighted by Crippen LogP contribution is -2.25. The summed E-state index contributed by atoms with van der Waals surface area (Å²) < 4.78 is 13.2. The van der Waals surface area contributed by atoms with Crippen LogP contribution in [0, 0.1) is 5.92 Å². The molecular formula is C11H11FO2. The lowest BCUT2D eigenvalue weighted by molar-refractivity contribution is -0.144. The standard InChI is InChI=1S/C11H11FO2/c12-10(11(13)14)9-5-7-3-1-2-4-8(7)6-9/h1-4,9-10H,5-6H2,(H,13,14). The highest BCUT2D eigenvalue weighted by atomic mass is 19.1. The Balaban J connectivity index is 2.15. The molecule has 0 aliphatic heterocycles. The van der Waals surface area contributed by atoms with Crippen molar-refractivity contribution in [3.63, 3.8) is 0 Å². The fraction of sp³-hybridized carbons (Fsp3) is 0.364. The van der Waals surface area contributed by atoms with Crippen molar-refractivity contribution in [2.24, 2.45) is 5.92 Å². The average molecular weight is 194 g/mol. The lowest BCUT2D eigenvalue weighted by Gasteiger charge is -2.09. The molecule has 1 atom stereocenters. The van der Waals surface area contributed by atoms with Crippen LogP contribution in [0.1, 0.15) is 11.1 Å². The van der Waals surface area contributed by atoms with E-state index in [1.54, 1.807) is 0 Å². The van der Waals surface area contributed by atoms with E-state index in [0.717, 1.165) is 11.1 Å². The van der Waals surface area contributed by atoms with Gasteiger partial charge in [0.25, 0.3) is 0 Å². The summed E-state index contributed by atoms with van der Waals surface area (Å²) >= 11 is 0. The fourth-order valence-electron chi connectivity index (χ4n) is 2.00. The SMILES string of the molecule is O=C(O)C(F)C1Cc2ccccc2C1. The number of halogens is 1. The minimum absolute atomic E-state index is 0.384. The molecule has 1 unspecified atom stereocenters. The summed E-state index contributed by atoms with van der Waals surface area (Å²) in [6.45, 7) is 0. The van der Waals surface area contributed by atoms with Gasteiger partial charge in [-0.15, -0.1) is 0 Å². The molecule has 2 rings (SSSR count). The largest absolute Gasteiger partial charge is 0.479 e. The summed E-state index contributed by atoms with van der Waals surface area (Å²) in [5.74, 6) is -1.73. The molecule has 1 aromatic rings. The fourth-order valence-corrected chi connectivity index (χ4v) is 2.00. The molecule has 0 saturated carbocycles. The third-order valence-corrected chi connectivity index (χ3v) is 2.73. The predicted octanol–water partition coefficient (Wildman–Crippen LogP) is 1.82. The molecule has 1 aliphatic carbocycles. The molecule has 0 fully saturated rings. The van der Waals surface area contributed by atoms with Crippen molar-refractivity contribution in [3.8, 4) is 0 Å².